The maximum absolute atomic E-state index is 12.8. The summed E-state index contributed by atoms with van der Waals surface area (Å²) in [5.74, 6) is 0.153. The summed E-state index contributed by atoms with van der Waals surface area (Å²) in [6.07, 6.45) is 3.98. The van der Waals surface area contributed by atoms with Crippen LogP contribution in [-0.2, 0) is 24.2 Å². The van der Waals surface area contributed by atoms with Gasteiger partial charge in [-0.05, 0) is 55.7 Å². The third kappa shape index (κ3) is 4.62. The Balaban J connectivity index is 1.53. The summed E-state index contributed by atoms with van der Waals surface area (Å²) in [7, 11) is 0. The lowest BCUT2D eigenvalue weighted by Crippen LogP contribution is -2.30. The molecule has 1 aromatic carbocycles. The fourth-order valence-corrected chi connectivity index (χ4v) is 5.19. The number of hydrogen-bond acceptors (Lipinski definition) is 5. The van der Waals surface area contributed by atoms with E-state index >= 15 is 0 Å². The molecule has 5 nitrogen and oxygen atoms in total. The van der Waals surface area contributed by atoms with Gasteiger partial charge in [-0.3, -0.25) is 9.36 Å². The molecule has 0 atom stereocenters. The van der Waals surface area contributed by atoms with E-state index in [1.54, 1.807) is 11.3 Å². The van der Waals surface area contributed by atoms with Crippen LogP contribution in [0.3, 0.4) is 0 Å². The summed E-state index contributed by atoms with van der Waals surface area (Å²) < 4.78 is 1.82. The lowest BCUT2D eigenvalue weighted by atomic mass is 9.97. The van der Waals surface area contributed by atoms with Gasteiger partial charge < -0.3 is 5.32 Å². The van der Waals surface area contributed by atoms with E-state index in [0.29, 0.717) is 11.6 Å². The number of thiophene rings is 1. The highest BCUT2D eigenvalue weighted by atomic mass is 32.2. The van der Waals surface area contributed by atoms with Gasteiger partial charge in [0.05, 0.1) is 12.3 Å². The maximum Gasteiger partial charge on any atom is 0.349 e. The Morgan fingerprint density at radius 3 is 2.83 bits per heavy atom. The van der Waals surface area contributed by atoms with Crippen molar-refractivity contribution in [3.8, 4) is 0 Å². The first-order chi connectivity index (χ1) is 14.1. The molecule has 0 saturated heterocycles. The predicted octanol–water partition coefficient (Wildman–Crippen LogP) is 4.27. The summed E-state index contributed by atoms with van der Waals surface area (Å²) in [5.41, 5.74) is 3.85. The lowest BCUT2D eigenvalue weighted by Gasteiger charge is -2.22. The number of aromatic nitrogens is 2. The molecule has 2 heterocycles. The number of aryl methyl sites for hydroxylation is 1. The molecule has 150 valence electrons. The average Bonchev–Trinajstić information content (AvgIpc) is 3.24. The zero-order chi connectivity index (χ0) is 20.2. The van der Waals surface area contributed by atoms with Crippen molar-refractivity contribution >= 4 is 34.7 Å². The zero-order valence-corrected chi connectivity index (χ0v) is 17.9. The number of anilines is 1. The van der Waals surface area contributed by atoms with E-state index in [0.717, 1.165) is 53.1 Å². The topological polar surface area (TPSA) is 64.0 Å². The number of benzene rings is 1. The number of carbonyl (C=O) groups is 1. The van der Waals surface area contributed by atoms with Gasteiger partial charge in [-0.2, -0.15) is 4.98 Å². The van der Waals surface area contributed by atoms with Crippen LogP contribution in [0.25, 0.3) is 0 Å². The summed E-state index contributed by atoms with van der Waals surface area (Å²) in [6, 6.07) is 11.8. The molecule has 0 radical (unpaired) electrons. The van der Waals surface area contributed by atoms with Crippen molar-refractivity contribution in [2.75, 3.05) is 11.1 Å². The van der Waals surface area contributed by atoms with E-state index in [-0.39, 0.29) is 17.3 Å². The second-order valence-electron chi connectivity index (χ2n) is 7.15. The predicted molar refractivity (Wildman–Crippen MR) is 119 cm³/mol. The van der Waals surface area contributed by atoms with E-state index in [1.807, 2.05) is 53.3 Å². The van der Waals surface area contributed by atoms with Gasteiger partial charge in [0.1, 0.15) is 5.03 Å². The molecular formula is C22H23N3O2S2. The molecule has 0 fully saturated rings. The number of amides is 1. The Kier molecular flexibility index (Phi) is 6.16. The van der Waals surface area contributed by atoms with E-state index in [9.17, 15) is 9.59 Å². The second-order valence-corrected chi connectivity index (χ2v) is 9.15. The van der Waals surface area contributed by atoms with Gasteiger partial charge >= 0.3 is 5.69 Å². The molecule has 1 N–H and O–H groups in total. The van der Waals surface area contributed by atoms with Crippen molar-refractivity contribution in [2.45, 2.75) is 44.2 Å². The van der Waals surface area contributed by atoms with Crippen LogP contribution in [0.4, 0.5) is 5.69 Å². The van der Waals surface area contributed by atoms with Gasteiger partial charge in [0.2, 0.25) is 5.91 Å². The molecule has 29 heavy (non-hydrogen) atoms. The van der Waals surface area contributed by atoms with Crippen LogP contribution >= 0.6 is 23.1 Å². The molecule has 3 aromatic rings. The Bertz CT molecular complexity index is 1070. The number of carbonyl (C=O) groups excluding carboxylic acids is 1. The summed E-state index contributed by atoms with van der Waals surface area (Å²) in [5, 5.41) is 5.69. The van der Waals surface area contributed by atoms with Gasteiger partial charge in [-0.25, -0.2) is 4.79 Å². The maximum atomic E-state index is 12.8. The largest absolute Gasteiger partial charge is 0.349 e. The van der Waals surface area contributed by atoms with Crippen LogP contribution in [0.5, 0.6) is 0 Å². The molecule has 0 saturated carbocycles. The van der Waals surface area contributed by atoms with Gasteiger partial charge in [0, 0.05) is 21.8 Å². The molecule has 1 amide bonds. The molecule has 0 aliphatic heterocycles. The van der Waals surface area contributed by atoms with Crippen LogP contribution in [0, 0.1) is 6.92 Å². The van der Waals surface area contributed by atoms with Crippen LogP contribution in [0.15, 0.2) is 51.6 Å². The minimum atomic E-state index is -0.221. The van der Waals surface area contributed by atoms with Crippen molar-refractivity contribution in [1.29, 1.82) is 0 Å². The normalized spacial score (nSPS) is 13.1. The molecule has 7 heteroatoms. The van der Waals surface area contributed by atoms with Crippen LogP contribution in [-0.4, -0.2) is 21.2 Å². The quantitative estimate of drug-likeness (QED) is 0.473. The Morgan fingerprint density at radius 2 is 2.03 bits per heavy atom. The number of nitrogens with one attached hydrogen (secondary N) is 1. The molecule has 2 aromatic heterocycles. The number of hydrogen-bond donors (Lipinski definition) is 1. The SMILES string of the molecule is Cc1ccccc1NC(=O)CSc1nc(=O)n(Cc2cccs2)c2c1CCCC2. The first-order valence-corrected chi connectivity index (χ1v) is 11.6. The van der Waals surface area contributed by atoms with E-state index in [1.165, 1.54) is 11.8 Å². The summed E-state index contributed by atoms with van der Waals surface area (Å²) in [4.78, 5) is 30.7. The zero-order valence-electron chi connectivity index (χ0n) is 16.3. The Hall–Kier alpha value is -2.38. The third-order valence-electron chi connectivity index (χ3n) is 5.10. The van der Waals surface area contributed by atoms with Gasteiger partial charge in [0.15, 0.2) is 0 Å². The molecular weight excluding hydrogens is 402 g/mol. The fraction of sp³-hybridized carbons (Fsp3) is 0.318. The average molecular weight is 426 g/mol. The Morgan fingerprint density at radius 1 is 1.21 bits per heavy atom. The van der Waals surface area contributed by atoms with Gasteiger partial charge in [-0.15, -0.1) is 11.3 Å². The van der Waals surface area contributed by atoms with E-state index in [2.05, 4.69) is 10.3 Å². The van der Waals surface area contributed by atoms with Crippen molar-refractivity contribution in [3.63, 3.8) is 0 Å². The first-order valence-electron chi connectivity index (χ1n) is 9.75. The van der Waals surface area contributed by atoms with Crippen molar-refractivity contribution in [3.05, 3.63) is 74.0 Å². The highest BCUT2D eigenvalue weighted by Gasteiger charge is 2.21. The van der Waals surface area contributed by atoms with E-state index < -0.39 is 0 Å². The van der Waals surface area contributed by atoms with E-state index in [4.69, 9.17) is 0 Å². The van der Waals surface area contributed by atoms with Crippen molar-refractivity contribution < 1.29 is 4.79 Å². The number of thioether (sulfide) groups is 1. The molecule has 0 unspecified atom stereocenters. The van der Waals surface area contributed by atoms with Crippen molar-refractivity contribution in [1.82, 2.24) is 9.55 Å². The lowest BCUT2D eigenvalue weighted by molar-refractivity contribution is -0.113. The summed E-state index contributed by atoms with van der Waals surface area (Å²) in [6.45, 7) is 2.54. The molecule has 0 spiro atoms. The fourth-order valence-electron chi connectivity index (χ4n) is 3.62. The van der Waals surface area contributed by atoms with Crippen LogP contribution < -0.4 is 11.0 Å². The summed E-state index contributed by atoms with van der Waals surface area (Å²) >= 11 is 3.02. The third-order valence-corrected chi connectivity index (χ3v) is 6.98. The van der Waals surface area contributed by atoms with Crippen molar-refractivity contribution in [2.24, 2.45) is 0 Å². The molecule has 0 bridgehead atoms. The second kappa shape index (κ2) is 8.97. The van der Waals surface area contributed by atoms with Gasteiger partial charge in [-0.1, -0.05) is 36.0 Å². The highest BCUT2D eigenvalue weighted by molar-refractivity contribution is 8.00. The van der Waals surface area contributed by atoms with Crippen LogP contribution in [0.1, 0.15) is 34.5 Å². The molecule has 1 aliphatic rings. The first kappa shape index (κ1) is 19.9. The smallest absolute Gasteiger partial charge is 0.325 e. The molecule has 1 aliphatic carbocycles. The molecule has 4 rings (SSSR count). The van der Waals surface area contributed by atoms with Crippen LogP contribution in [0.2, 0.25) is 0 Å². The van der Waals surface area contributed by atoms with Gasteiger partial charge in [0.25, 0.3) is 0 Å². The number of fused-ring (bicyclic) bond motifs is 1. The highest BCUT2D eigenvalue weighted by Crippen LogP contribution is 2.29. The number of para-hydroxylation sites is 1. The minimum absolute atomic E-state index is 0.0848. The number of rotatable bonds is 6. The standard InChI is InChI=1S/C22H23N3O2S2/c1-15-7-2-4-10-18(15)23-20(26)14-29-21-17-9-3-5-11-19(17)25(22(27)24-21)13-16-8-6-12-28-16/h2,4,6-8,10,12H,3,5,9,11,13-14H2,1H3,(H,23,26). The minimum Gasteiger partial charge on any atom is -0.325 e. The Labute approximate surface area is 178 Å². The monoisotopic (exact) mass is 425 g/mol. The number of nitrogens with zero attached hydrogens (tertiary/aromatic N) is 2.